The molecule has 2 atom stereocenters. The molecule has 2 unspecified atom stereocenters. The quantitative estimate of drug-likeness (QED) is 0.903. The molecule has 0 bridgehead atoms. The number of ether oxygens (including phenoxy) is 1. The minimum Gasteiger partial charge on any atom is -0.495 e. The summed E-state index contributed by atoms with van der Waals surface area (Å²) in [4.78, 5) is 14.3. The minimum atomic E-state index is 0.0555. The van der Waals surface area contributed by atoms with Crippen LogP contribution in [0, 0.1) is 11.8 Å². The molecule has 104 valence electrons. The molecule has 0 heterocycles. The lowest BCUT2D eigenvalue weighted by Crippen LogP contribution is -2.36. The molecule has 1 amide bonds. The maximum atomic E-state index is 12.6. The van der Waals surface area contributed by atoms with Crippen molar-refractivity contribution in [2.45, 2.75) is 19.3 Å². The smallest absolute Gasteiger partial charge is 0.230 e. The summed E-state index contributed by atoms with van der Waals surface area (Å²) in [6.07, 6.45) is 3.10. The van der Waals surface area contributed by atoms with E-state index in [4.69, 9.17) is 10.5 Å². The van der Waals surface area contributed by atoms with E-state index in [-0.39, 0.29) is 11.8 Å². The third kappa shape index (κ3) is 2.73. The Bertz CT molecular complexity index is 448. The summed E-state index contributed by atoms with van der Waals surface area (Å²) in [5, 5.41) is 0. The minimum absolute atomic E-state index is 0.0555. The maximum absolute atomic E-state index is 12.6. The van der Waals surface area contributed by atoms with Gasteiger partial charge in [-0.05, 0) is 37.4 Å². The van der Waals surface area contributed by atoms with Crippen LogP contribution in [0.3, 0.4) is 0 Å². The zero-order valence-electron chi connectivity index (χ0n) is 11.6. The van der Waals surface area contributed by atoms with Gasteiger partial charge in [0.15, 0.2) is 0 Å². The predicted molar refractivity (Wildman–Crippen MR) is 76.3 cm³/mol. The van der Waals surface area contributed by atoms with E-state index in [9.17, 15) is 4.79 Å². The Morgan fingerprint density at radius 3 is 2.84 bits per heavy atom. The van der Waals surface area contributed by atoms with Crippen molar-refractivity contribution in [3.05, 3.63) is 24.3 Å². The van der Waals surface area contributed by atoms with E-state index in [1.54, 1.807) is 12.0 Å². The van der Waals surface area contributed by atoms with E-state index in [2.05, 4.69) is 0 Å². The van der Waals surface area contributed by atoms with E-state index >= 15 is 0 Å². The van der Waals surface area contributed by atoms with Gasteiger partial charge >= 0.3 is 0 Å². The average molecular weight is 262 g/mol. The van der Waals surface area contributed by atoms with Gasteiger partial charge in [0.2, 0.25) is 5.91 Å². The Morgan fingerprint density at radius 2 is 2.16 bits per heavy atom. The highest BCUT2D eigenvalue weighted by Crippen LogP contribution is 2.35. The zero-order valence-corrected chi connectivity index (χ0v) is 11.6. The van der Waals surface area contributed by atoms with Crippen molar-refractivity contribution in [2.75, 3.05) is 25.6 Å². The van der Waals surface area contributed by atoms with Crippen molar-refractivity contribution >= 4 is 11.6 Å². The Balaban J connectivity index is 2.19. The number of nitrogens with two attached hydrogens (primary N) is 1. The monoisotopic (exact) mass is 262 g/mol. The van der Waals surface area contributed by atoms with Gasteiger partial charge in [0.1, 0.15) is 5.75 Å². The van der Waals surface area contributed by atoms with Crippen molar-refractivity contribution in [1.29, 1.82) is 0 Å². The summed E-state index contributed by atoms with van der Waals surface area (Å²) < 4.78 is 5.31. The van der Waals surface area contributed by atoms with E-state index in [0.29, 0.717) is 12.5 Å². The Labute approximate surface area is 114 Å². The lowest BCUT2D eigenvalue weighted by atomic mass is 9.94. The normalized spacial score (nSPS) is 22.3. The van der Waals surface area contributed by atoms with Crippen molar-refractivity contribution < 1.29 is 9.53 Å². The van der Waals surface area contributed by atoms with Gasteiger partial charge in [-0.1, -0.05) is 18.6 Å². The van der Waals surface area contributed by atoms with E-state index in [0.717, 1.165) is 30.7 Å². The fraction of sp³-hybridized carbons (Fsp3) is 0.533. The first-order chi connectivity index (χ1) is 9.19. The van der Waals surface area contributed by atoms with Crippen LogP contribution in [0.2, 0.25) is 0 Å². The number of methoxy groups -OCH3 is 1. The lowest BCUT2D eigenvalue weighted by molar-refractivity contribution is -0.123. The molecule has 2 N–H and O–H groups in total. The molecule has 0 spiro atoms. The van der Waals surface area contributed by atoms with Crippen molar-refractivity contribution in [3.63, 3.8) is 0 Å². The van der Waals surface area contributed by atoms with Crippen LogP contribution in [-0.4, -0.2) is 26.6 Å². The summed E-state index contributed by atoms with van der Waals surface area (Å²) in [5.41, 5.74) is 6.58. The molecule has 2 rings (SSSR count). The maximum Gasteiger partial charge on any atom is 0.230 e. The first kappa shape index (κ1) is 13.9. The van der Waals surface area contributed by atoms with Crippen LogP contribution in [-0.2, 0) is 4.79 Å². The number of carbonyl (C=O) groups excluding carboxylic acids is 1. The number of rotatable bonds is 4. The largest absolute Gasteiger partial charge is 0.495 e. The van der Waals surface area contributed by atoms with Gasteiger partial charge in [0, 0.05) is 13.0 Å². The molecule has 19 heavy (non-hydrogen) atoms. The fourth-order valence-electron chi connectivity index (χ4n) is 2.92. The molecule has 1 aliphatic carbocycles. The van der Waals surface area contributed by atoms with Crippen LogP contribution >= 0.6 is 0 Å². The van der Waals surface area contributed by atoms with Gasteiger partial charge in [-0.3, -0.25) is 4.79 Å². The van der Waals surface area contributed by atoms with Crippen LogP contribution in [0.5, 0.6) is 5.75 Å². The number of benzene rings is 1. The first-order valence-electron chi connectivity index (χ1n) is 6.79. The molecule has 0 saturated heterocycles. The van der Waals surface area contributed by atoms with Crippen LogP contribution in [0.15, 0.2) is 24.3 Å². The van der Waals surface area contributed by atoms with Gasteiger partial charge in [0.05, 0.1) is 12.8 Å². The molecule has 4 heteroatoms. The molecule has 1 saturated carbocycles. The predicted octanol–water partition coefficient (Wildman–Crippen LogP) is 2.03. The number of amides is 1. The summed E-state index contributed by atoms with van der Waals surface area (Å²) >= 11 is 0. The standard InChI is InChI=1S/C15H22N2O2/c1-17(13-8-3-4-9-14(13)19-2)15(18)12-7-5-6-11(12)10-16/h3-4,8-9,11-12H,5-7,10,16H2,1-2H3. The first-order valence-corrected chi connectivity index (χ1v) is 6.79. The summed E-state index contributed by atoms with van der Waals surface area (Å²) in [7, 11) is 3.43. The SMILES string of the molecule is COc1ccccc1N(C)C(=O)C1CCCC1CN. The van der Waals surface area contributed by atoms with Crippen molar-refractivity contribution in [3.8, 4) is 5.75 Å². The number of carbonyl (C=O) groups is 1. The molecular formula is C15H22N2O2. The Kier molecular flexibility index (Phi) is 4.43. The lowest BCUT2D eigenvalue weighted by Gasteiger charge is -2.25. The van der Waals surface area contributed by atoms with Crippen LogP contribution in [0.4, 0.5) is 5.69 Å². The van der Waals surface area contributed by atoms with E-state index < -0.39 is 0 Å². The Morgan fingerprint density at radius 1 is 1.42 bits per heavy atom. The highest BCUT2D eigenvalue weighted by atomic mass is 16.5. The summed E-state index contributed by atoms with van der Waals surface area (Å²) in [5.74, 6) is 1.25. The zero-order chi connectivity index (χ0) is 13.8. The number of hydrogen-bond acceptors (Lipinski definition) is 3. The second-order valence-electron chi connectivity index (χ2n) is 5.10. The molecule has 0 aromatic heterocycles. The second kappa shape index (κ2) is 6.06. The van der Waals surface area contributed by atoms with Crippen LogP contribution in [0.25, 0.3) is 0 Å². The van der Waals surface area contributed by atoms with Crippen LogP contribution in [0.1, 0.15) is 19.3 Å². The van der Waals surface area contributed by atoms with Crippen molar-refractivity contribution in [2.24, 2.45) is 17.6 Å². The average Bonchev–Trinajstić information content (AvgIpc) is 2.94. The molecule has 1 aromatic carbocycles. The van der Waals surface area contributed by atoms with Crippen LogP contribution < -0.4 is 15.4 Å². The summed E-state index contributed by atoms with van der Waals surface area (Å²) in [6.45, 7) is 0.593. The fourth-order valence-corrected chi connectivity index (χ4v) is 2.92. The number of anilines is 1. The van der Waals surface area contributed by atoms with E-state index in [1.807, 2.05) is 31.3 Å². The number of hydrogen-bond donors (Lipinski definition) is 1. The number of para-hydroxylation sites is 2. The highest BCUT2D eigenvalue weighted by molar-refractivity contribution is 5.96. The molecular weight excluding hydrogens is 240 g/mol. The molecule has 1 aromatic rings. The molecule has 1 aliphatic rings. The van der Waals surface area contributed by atoms with Gasteiger partial charge in [-0.25, -0.2) is 0 Å². The second-order valence-corrected chi connectivity index (χ2v) is 5.10. The Hall–Kier alpha value is -1.55. The topological polar surface area (TPSA) is 55.6 Å². The summed E-state index contributed by atoms with van der Waals surface area (Å²) in [6, 6.07) is 7.59. The van der Waals surface area contributed by atoms with Crippen molar-refractivity contribution in [1.82, 2.24) is 0 Å². The number of nitrogens with zero attached hydrogens (tertiary/aromatic N) is 1. The van der Waals surface area contributed by atoms with Gasteiger partial charge in [0.25, 0.3) is 0 Å². The molecule has 1 fully saturated rings. The van der Waals surface area contributed by atoms with Gasteiger partial charge < -0.3 is 15.4 Å². The third-order valence-electron chi connectivity index (χ3n) is 4.06. The molecule has 4 nitrogen and oxygen atoms in total. The van der Waals surface area contributed by atoms with Gasteiger partial charge in [-0.15, -0.1) is 0 Å². The molecule has 0 radical (unpaired) electrons. The van der Waals surface area contributed by atoms with E-state index in [1.165, 1.54) is 0 Å². The third-order valence-corrected chi connectivity index (χ3v) is 4.06. The highest BCUT2D eigenvalue weighted by Gasteiger charge is 2.34. The molecule has 0 aliphatic heterocycles. The van der Waals surface area contributed by atoms with Gasteiger partial charge in [-0.2, -0.15) is 0 Å².